The molecule has 0 N–H and O–H groups in total. The third kappa shape index (κ3) is 1.75. The Hall–Kier alpha value is -0.900. The molecule has 2 aliphatic heterocycles. The van der Waals surface area contributed by atoms with Crippen molar-refractivity contribution in [1.29, 1.82) is 0 Å². The summed E-state index contributed by atoms with van der Waals surface area (Å²) in [6.45, 7) is 4.64. The Bertz CT molecular complexity index is 354. The molecule has 16 heavy (non-hydrogen) atoms. The molecule has 0 aromatic heterocycles. The first-order valence-corrected chi connectivity index (χ1v) is 5.89. The molecule has 0 amide bonds. The van der Waals surface area contributed by atoms with Crippen molar-refractivity contribution in [2.24, 2.45) is 5.92 Å². The van der Waals surface area contributed by atoms with Gasteiger partial charge in [-0.05, 0) is 12.5 Å². The molecular formula is C13H17NO2. The Labute approximate surface area is 95.9 Å². The van der Waals surface area contributed by atoms with Crippen LogP contribution in [-0.4, -0.2) is 30.4 Å². The van der Waals surface area contributed by atoms with Gasteiger partial charge < -0.3 is 4.74 Å². The molecule has 2 heterocycles. The quantitative estimate of drug-likeness (QED) is 0.757. The van der Waals surface area contributed by atoms with E-state index >= 15 is 0 Å². The van der Waals surface area contributed by atoms with Gasteiger partial charge >= 0.3 is 0 Å². The van der Waals surface area contributed by atoms with E-state index < -0.39 is 0 Å². The monoisotopic (exact) mass is 219 g/mol. The van der Waals surface area contributed by atoms with Crippen LogP contribution in [0.3, 0.4) is 0 Å². The van der Waals surface area contributed by atoms with Gasteiger partial charge in [-0.2, -0.15) is 5.06 Å². The zero-order chi connectivity index (χ0) is 11.0. The van der Waals surface area contributed by atoms with Gasteiger partial charge in [0, 0.05) is 12.5 Å². The number of hydrogen-bond donors (Lipinski definition) is 0. The van der Waals surface area contributed by atoms with Crippen LogP contribution in [0.15, 0.2) is 30.3 Å². The fourth-order valence-corrected chi connectivity index (χ4v) is 2.66. The summed E-state index contributed by atoms with van der Waals surface area (Å²) in [4.78, 5) is 5.75. The summed E-state index contributed by atoms with van der Waals surface area (Å²) in [6.07, 6.45) is 0.288. The maximum Gasteiger partial charge on any atom is 0.0752 e. The Morgan fingerprint density at radius 3 is 2.88 bits per heavy atom. The molecule has 2 saturated heterocycles. The van der Waals surface area contributed by atoms with Crippen molar-refractivity contribution < 1.29 is 9.57 Å². The number of rotatable bonds is 2. The minimum Gasteiger partial charge on any atom is -0.376 e. The van der Waals surface area contributed by atoms with E-state index in [9.17, 15) is 0 Å². The molecule has 0 unspecified atom stereocenters. The third-order valence-corrected chi connectivity index (χ3v) is 3.51. The van der Waals surface area contributed by atoms with Gasteiger partial charge in [-0.15, -0.1) is 0 Å². The van der Waals surface area contributed by atoms with Crippen molar-refractivity contribution >= 4 is 0 Å². The van der Waals surface area contributed by atoms with E-state index in [4.69, 9.17) is 9.57 Å². The molecule has 3 atom stereocenters. The van der Waals surface area contributed by atoms with E-state index in [1.807, 2.05) is 6.07 Å². The van der Waals surface area contributed by atoms with Crippen molar-refractivity contribution in [3.8, 4) is 0 Å². The summed E-state index contributed by atoms with van der Waals surface area (Å²) < 4.78 is 5.67. The first kappa shape index (κ1) is 10.3. The molecule has 2 fully saturated rings. The summed E-state index contributed by atoms with van der Waals surface area (Å²) in [5, 5.41) is 2.09. The number of hydroxylamine groups is 2. The van der Waals surface area contributed by atoms with Gasteiger partial charge in [0.15, 0.2) is 0 Å². The van der Waals surface area contributed by atoms with Crippen LogP contribution < -0.4 is 0 Å². The third-order valence-electron chi connectivity index (χ3n) is 3.51. The number of benzene rings is 1. The molecule has 0 radical (unpaired) electrons. The standard InChI is InChI=1S/C13H17NO2/c1-10-13-12(8-15-10)9-16-14(13)7-11-5-3-2-4-6-11/h2-6,10,12-13H,7-9H2,1H3/t10-,12-,13-/m0/s1. The average Bonchev–Trinajstić information content (AvgIpc) is 2.86. The molecular weight excluding hydrogens is 202 g/mol. The lowest BCUT2D eigenvalue weighted by molar-refractivity contribution is -0.158. The smallest absolute Gasteiger partial charge is 0.0752 e. The second kappa shape index (κ2) is 4.17. The van der Waals surface area contributed by atoms with Crippen molar-refractivity contribution in [3.05, 3.63) is 35.9 Å². The lowest BCUT2D eigenvalue weighted by atomic mass is 10.0. The largest absolute Gasteiger partial charge is 0.376 e. The molecule has 0 bridgehead atoms. The predicted octanol–water partition coefficient (Wildman–Crippen LogP) is 1.84. The molecule has 3 rings (SSSR count). The molecule has 0 saturated carbocycles. The van der Waals surface area contributed by atoms with E-state index in [2.05, 4.69) is 36.3 Å². The normalized spacial score (nSPS) is 34.2. The SMILES string of the molecule is C[C@@H]1OC[C@H]2CON(Cc3ccccc3)[C@H]21. The topological polar surface area (TPSA) is 21.7 Å². The highest BCUT2D eigenvalue weighted by atomic mass is 16.7. The van der Waals surface area contributed by atoms with Crippen molar-refractivity contribution in [2.75, 3.05) is 13.2 Å². The Kier molecular flexibility index (Phi) is 2.67. The van der Waals surface area contributed by atoms with Crippen LogP contribution in [0.25, 0.3) is 0 Å². The van der Waals surface area contributed by atoms with Gasteiger partial charge in [0.25, 0.3) is 0 Å². The molecule has 2 aliphatic rings. The lowest BCUT2D eigenvalue weighted by Crippen LogP contribution is -2.36. The van der Waals surface area contributed by atoms with Crippen LogP contribution in [0.1, 0.15) is 12.5 Å². The Morgan fingerprint density at radius 2 is 2.06 bits per heavy atom. The van der Waals surface area contributed by atoms with Gasteiger partial charge in [-0.3, -0.25) is 4.84 Å². The second-order valence-electron chi connectivity index (χ2n) is 4.65. The van der Waals surface area contributed by atoms with Crippen LogP contribution in [0, 0.1) is 5.92 Å². The molecule has 86 valence electrons. The fraction of sp³-hybridized carbons (Fsp3) is 0.538. The van der Waals surface area contributed by atoms with Gasteiger partial charge in [0.2, 0.25) is 0 Å². The highest BCUT2D eigenvalue weighted by molar-refractivity contribution is 5.14. The number of fused-ring (bicyclic) bond motifs is 1. The Morgan fingerprint density at radius 1 is 1.25 bits per heavy atom. The minimum absolute atomic E-state index is 0.288. The van der Waals surface area contributed by atoms with E-state index in [1.165, 1.54) is 5.56 Å². The number of nitrogens with zero attached hydrogens (tertiary/aromatic N) is 1. The maximum absolute atomic E-state index is 5.75. The van der Waals surface area contributed by atoms with Crippen molar-refractivity contribution in [3.63, 3.8) is 0 Å². The summed E-state index contributed by atoms with van der Waals surface area (Å²) in [5.41, 5.74) is 1.29. The van der Waals surface area contributed by atoms with Crippen LogP contribution in [0.2, 0.25) is 0 Å². The molecule has 1 aromatic rings. The predicted molar refractivity (Wildman–Crippen MR) is 60.6 cm³/mol. The first-order valence-electron chi connectivity index (χ1n) is 5.89. The molecule has 0 spiro atoms. The Balaban J connectivity index is 1.72. The van der Waals surface area contributed by atoms with E-state index in [-0.39, 0.29) is 6.10 Å². The van der Waals surface area contributed by atoms with E-state index in [0.717, 1.165) is 19.8 Å². The molecule has 1 aromatic carbocycles. The van der Waals surface area contributed by atoms with Crippen LogP contribution in [0.4, 0.5) is 0 Å². The lowest BCUT2D eigenvalue weighted by Gasteiger charge is -2.24. The van der Waals surface area contributed by atoms with Crippen molar-refractivity contribution in [1.82, 2.24) is 5.06 Å². The van der Waals surface area contributed by atoms with Gasteiger partial charge in [0.1, 0.15) is 0 Å². The average molecular weight is 219 g/mol. The van der Waals surface area contributed by atoms with Crippen LogP contribution in [-0.2, 0) is 16.1 Å². The molecule has 0 aliphatic carbocycles. The van der Waals surface area contributed by atoms with Gasteiger partial charge in [-0.1, -0.05) is 30.3 Å². The fourth-order valence-electron chi connectivity index (χ4n) is 2.66. The maximum atomic E-state index is 5.75. The second-order valence-corrected chi connectivity index (χ2v) is 4.65. The number of ether oxygens (including phenoxy) is 1. The summed E-state index contributed by atoms with van der Waals surface area (Å²) >= 11 is 0. The number of hydrogen-bond acceptors (Lipinski definition) is 3. The minimum atomic E-state index is 0.288. The van der Waals surface area contributed by atoms with Gasteiger partial charge in [-0.25, -0.2) is 0 Å². The highest BCUT2D eigenvalue weighted by Crippen LogP contribution is 2.32. The van der Waals surface area contributed by atoms with Crippen LogP contribution >= 0.6 is 0 Å². The highest BCUT2D eigenvalue weighted by Gasteiger charge is 2.44. The van der Waals surface area contributed by atoms with Crippen molar-refractivity contribution in [2.45, 2.75) is 25.6 Å². The van der Waals surface area contributed by atoms with E-state index in [0.29, 0.717) is 12.0 Å². The zero-order valence-electron chi connectivity index (χ0n) is 9.50. The molecule has 3 nitrogen and oxygen atoms in total. The summed E-state index contributed by atoms with van der Waals surface area (Å²) in [6, 6.07) is 10.9. The molecule has 3 heteroatoms. The summed E-state index contributed by atoms with van der Waals surface area (Å²) in [7, 11) is 0. The van der Waals surface area contributed by atoms with Gasteiger partial charge in [0.05, 0.1) is 25.4 Å². The summed E-state index contributed by atoms with van der Waals surface area (Å²) in [5.74, 6) is 0.554. The van der Waals surface area contributed by atoms with E-state index in [1.54, 1.807) is 0 Å². The first-order chi connectivity index (χ1) is 7.84. The van der Waals surface area contributed by atoms with Crippen LogP contribution in [0.5, 0.6) is 0 Å². The zero-order valence-corrected chi connectivity index (χ0v) is 9.50.